The van der Waals surface area contributed by atoms with E-state index in [4.69, 9.17) is 13.7 Å². The van der Waals surface area contributed by atoms with Crippen molar-refractivity contribution in [3.05, 3.63) is 58.5 Å². The lowest BCUT2D eigenvalue weighted by atomic mass is 10.1. The molecule has 2 heterocycles. The second-order valence-electron chi connectivity index (χ2n) is 5.17. The van der Waals surface area contributed by atoms with Crippen molar-refractivity contribution in [2.45, 2.75) is 6.92 Å². The highest BCUT2D eigenvalue weighted by Crippen LogP contribution is 2.22. The number of carbonyl (C=O) groups excluding carboxylic acids is 2. The van der Waals surface area contributed by atoms with Crippen molar-refractivity contribution >= 4 is 33.7 Å². The molecule has 0 spiro atoms. The van der Waals surface area contributed by atoms with Gasteiger partial charge < -0.3 is 13.7 Å². The zero-order chi connectivity index (χ0) is 17.8. The predicted molar refractivity (Wildman–Crippen MR) is 92.0 cm³/mol. The Morgan fingerprint density at radius 2 is 1.96 bits per heavy atom. The molecule has 0 unspecified atom stereocenters. The number of carbonyl (C=O) groups is 2. The predicted octanol–water partition coefficient (Wildman–Crippen LogP) is 3.80. The average molecular weight is 405 g/mol. The average Bonchev–Trinajstić information content (AvgIpc) is 3.22. The maximum atomic E-state index is 11.8. The van der Waals surface area contributed by atoms with E-state index in [9.17, 15) is 9.59 Å². The van der Waals surface area contributed by atoms with Crippen LogP contribution in [0.3, 0.4) is 0 Å². The highest BCUT2D eigenvalue weighted by Gasteiger charge is 2.15. The fourth-order valence-electron chi connectivity index (χ4n) is 1.99. The number of nitrogens with zero attached hydrogens (tertiary/aromatic N) is 1. The summed E-state index contributed by atoms with van der Waals surface area (Å²) in [5, 5.41) is 6.37. The van der Waals surface area contributed by atoms with Crippen molar-refractivity contribution < 1.29 is 23.3 Å². The third kappa shape index (κ3) is 4.36. The van der Waals surface area contributed by atoms with Crippen molar-refractivity contribution in [3.8, 4) is 11.3 Å². The first-order chi connectivity index (χ1) is 12.0. The van der Waals surface area contributed by atoms with Gasteiger partial charge in [0.25, 0.3) is 5.91 Å². The highest BCUT2D eigenvalue weighted by molar-refractivity contribution is 9.10. The SMILES string of the molecule is Cc1ccc(-c2cc(NC(=O)COC(=O)c3ccc(Br)o3)on2)cc1. The zero-order valence-corrected chi connectivity index (χ0v) is 14.7. The van der Waals surface area contributed by atoms with Crippen LogP contribution in [0, 0.1) is 6.92 Å². The molecule has 1 amide bonds. The second kappa shape index (κ2) is 7.35. The van der Waals surface area contributed by atoms with E-state index in [0.29, 0.717) is 10.4 Å². The number of nitrogens with one attached hydrogen (secondary N) is 1. The zero-order valence-electron chi connectivity index (χ0n) is 13.1. The summed E-state index contributed by atoms with van der Waals surface area (Å²) in [6.45, 7) is 1.51. The van der Waals surface area contributed by atoms with Crippen LogP contribution in [0.15, 0.2) is 56.1 Å². The van der Waals surface area contributed by atoms with Crippen molar-refractivity contribution in [1.29, 1.82) is 0 Å². The summed E-state index contributed by atoms with van der Waals surface area (Å²) < 4.78 is 15.4. The van der Waals surface area contributed by atoms with Crippen LogP contribution >= 0.6 is 15.9 Å². The van der Waals surface area contributed by atoms with E-state index >= 15 is 0 Å². The molecule has 7 nitrogen and oxygen atoms in total. The molecule has 25 heavy (non-hydrogen) atoms. The number of esters is 1. The molecule has 8 heteroatoms. The first kappa shape index (κ1) is 17.0. The number of hydrogen-bond donors (Lipinski definition) is 1. The number of amides is 1. The van der Waals surface area contributed by atoms with Crippen LogP contribution in [0.25, 0.3) is 11.3 Å². The lowest BCUT2D eigenvalue weighted by molar-refractivity contribution is -0.119. The summed E-state index contributed by atoms with van der Waals surface area (Å²) >= 11 is 3.08. The van der Waals surface area contributed by atoms with E-state index in [1.54, 1.807) is 12.1 Å². The molecule has 3 rings (SSSR count). The van der Waals surface area contributed by atoms with E-state index in [1.165, 1.54) is 6.07 Å². The van der Waals surface area contributed by atoms with E-state index in [0.717, 1.165) is 11.1 Å². The molecule has 0 atom stereocenters. The van der Waals surface area contributed by atoms with Crippen molar-refractivity contribution in [2.75, 3.05) is 11.9 Å². The lowest BCUT2D eigenvalue weighted by Gasteiger charge is -2.02. The number of ether oxygens (including phenoxy) is 1. The number of benzene rings is 1. The molecular formula is C17H13BrN2O5. The number of anilines is 1. The Labute approximate surface area is 151 Å². The largest absolute Gasteiger partial charge is 0.450 e. The fraction of sp³-hybridized carbons (Fsp3) is 0.118. The third-order valence-corrected chi connectivity index (χ3v) is 3.66. The van der Waals surface area contributed by atoms with E-state index in [2.05, 4.69) is 26.4 Å². The summed E-state index contributed by atoms with van der Waals surface area (Å²) in [6.07, 6.45) is 0. The van der Waals surface area contributed by atoms with Crippen LogP contribution in [0.5, 0.6) is 0 Å². The van der Waals surface area contributed by atoms with Gasteiger partial charge in [-0.1, -0.05) is 35.0 Å². The molecule has 3 aromatic rings. The molecule has 0 saturated heterocycles. The standard InChI is InChI=1S/C17H13BrN2O5/c1-10-2-4-11(5-3-10)12-8-16(25-20-12)19-15(21)9-23-17(22)13-6-7-14(18)24-13/h2-8H,9H2,1H3,(H,19,21). The summed E-state index contributed by atoms with van der Waals surface area (Å²) in [4.78, 5) is 23.5. The van der Waals surface area contributed by atoms with Gasteiger partial charge in [0.1, 0.15) is 5.69 Å². The number of aryl methyl sites for hydroxylation is 1. The monoisotopic (exact) mass is 404 g/mol. The first-order valence-electron chi connectivity index (χ1n) is 7.27. The molecule has 1 aromatic carbocycles. The molecular weight excluding hydrogens is 392 g/mol. The summed E-state index contributed by atoms with van der Waals surface area (Å²) in [5.74, 6) is -1.12. The summed E-state index contributed by atoms with van der Waals surface area (Å²) in [6, 6.07) is 12.3. The van der Waals surface area contributed by atoms with Gasteiger partial charge in [0.15, 0.2) is 11.3 Å². The molecule has 1 N–H and O–H groups in total. The molecule has 0 radical (unpaired) electrons. The van der Waals surface area contributed by atoms with Crippen LogP contribution < -0.4 is 5.32 Å². The maximum absolute atomic E-state index is 11.8. The smallest absolute Gasteiger partial charge is 0.374 e. The number of halogens is 1. The van der Waals surface area contributed by atoms with Crippen molar-refractivity contribution in [1.82, 2.24) is 5.16 Å². The summed E-state index contributed by atoms with van der Waals surface area (Å²) in [7, 11) is 0. The third-order valence-electron chi connectivity index (χ3n) is 3.23. The Morgan fingerprint density at radius 1 is 1.20 bits per heavy atom. The van der Waals surface area contributed by atoms with E-state index < -0.39 is 18.5 Å². The molecule has 0 aliphatic rings. The highest BCUT2D eigenvalue weighted by atomic mass is 79.9. The van der Waals surface area contributed by atoms with Gasteiger partial charge in [-0.25, -0.2) is 4.79 Å². The number of hydrogen-bond acceptors (Lipinski definition) is 6. The topological polar surface area (TPSA) is 94.6 Å². The molecule has 0 bridgehead atoms. The molecule has 2 aromatic heterocycles. The van der Waals surface area contributed by atoms with Gasteiger partial charge in [0, 0.05) is 11.6 Å². The normalized spacial score (nSPS) is 10.5. The van der Waals surface area contributed by atoms with Gasteiger partial charge in [-0.3, -0.25) is 10.1 Å². The molecule has 0 saturated carbocycles. The van der Waals surface area contributed by atoms with E-state index in [-0.39, 0.29) is 11.6 Å². The van der Waals surface area contributed by atoms with Crippen molar-refractivity contribution in [2.24, 2.45) is 0 Å². The Bertz CT molecular complexity index is 898. The molecule has 128 valence electrons. The minimum absolute atomic E-state index is 0.000924. The van der Waals surface area contributed by atoms with Gasteiger partial charge >= 0.3 is 5.97 Å². The van der Waals surface area contributed by atoms with Gasteiger partial charge in [0.05, 0.1) is 0 Å². The Kier molecular flexibility index (Phi) is 4.99. The first-order valence-corrected chi connectivity index (χ1v) is 8.06. The number of aromatic nitrogens is 1. The van der Waals surface area contributed by atoms with Gasteiger partial charge in [-0.15, -0.1) is 0 Å². The van der Waals surface area contributed by atoms with Crippen molar-refractivity contribution in [3.63, 3.8) is 0 Å². The Hall–Kier alpha value is -2.87. The number of rotatable bonds is 5. The minimum Gasteiger partial charge on any atom is -0.450 e. The lowest BCUT2D eigenvalue weighted by Crippen LogP contribution is -2.20. The molecule has 0 aliphatic heterocycles. The van der Waals surface area contributed by atoms with Crippen LogP contribution in [-0.2, 0) is 9.53 Å². The number of furan rings is 1. The quantitative estimate of drug-likeness (QED) is 0.649. The van der Waals surface area contributed by atoms with Crippen LogP contribution in [0.1, 0.15) is 16.1 Å². The van der Waals surface area contributed by atoms with Gasteiger partial charge in [-0.2, -0.15) is 0 Å². The summed E-state index contributed by atoms with van der Waals surface area (Å²) in [5.41, 5.74) is 2.59. The van der Waals surface area contributed by atoms with Crippen LogP contribution in [-0.4, -0.2) is 23.6 Å². The van der Waals surface area contributed by atoms with Gasteiger partial charge in [0.2, 0.25) is 11.6 Å². The van der Waals surface area contributed by atoms with Gasteiger partial charge in [-0.05, 0) is 35.0 Å². The maximum Gasteiger partial charge on any atom is 0.374 e. The minimum atomic E-state index is -0.737. The molecule has 0 fully saturated rings. The van der Waals surface area contributed by atoms with Crippen LogP contribution in [0.4, 0.5) is 5.88 Å². The Balaban J connectivity index is 1.55. The van der Waals surface area contributed by atoms with Crippen LogP contribution in [0.2, 0.25) is 0 Å². The van der Waals surface area contributed by atoms with E-state index in [1.807, 2.05) is 31.2 Å². The Morgan fingerprint density at radius 3 is 2.64 bits per heavy atom. The molecule has 0 aliphatic carbocycles. The fourth-order valence-corrected chi connectivity index (χ4v) is 2.30. The second-order valence-corrected chi connectivity index (χ2v) is 5.95.